The second-order valence-corrected chi connectivity index (χ2v) is 6.82. The van der Waals surface area contributed by atoms with E-state index in [4.69, 9.17) is 11.6 Å². The summed E-state index contributed by atoms with van der Waals surface area (Å²) in [5, 5.41) is 0.577. The van der Waals surface area contributed by atoms with E-state index < -0.39 is 0 Å². The molecule has 0 aromatic heterocycles. The average Bonchev–Trinajstić information content (AvgIpc) is 2.72. The van der Waals surface area contributed by atoms with Crippen LogP contribution in [0.5, 0.6) is 0 Å². The molecule has 0 N–H and O–H groups in total. The SMILES string of the molecule is CC(=O)N(CC(=O)N(Cc1ccccc1)c1ccccc1)c1ccc(Cl)cc1. The predicted molar refractivity (Wildman–Crippen MR) is 114 cm³/mol. The Morgan fingerprint density at radius 1 is 0.750 bits per heavy atom. The molecule has 0 saturated heterocycles. The van der Waals surface area contributed by atoms with Crippen molar-refractivity contribution >= 4 is 34.8 Å². The van der Waals surface area contributed by atoms with Crippen LogP contribution in [0.4, 0.5) is 11.4 Å². The molecular weight excluding hydrogens is 372 g/mol. The van der Waals surface area contributed by atoms with E-state index in [0.29, 0.717) is 17.3 Å². The van der Waals surface area contributed by atoms with Gasteiger partial charge in [0.1, 0.15) is 6.54 Å². The molecule has 0 aliphatic rings. The highest BCUT2D eigenvalue weighted by Gasteiger charge is 2.22. The van der Waals surface area contributed by atoms with E-state index in [1.54, 1.807) is 29.2 Å². The lowest BCUT2D eigenvalue weighted by atomic mass is 10.2. The molecule has 0 aliphatic heterocycles. The van der Waals surface area contributed by atoms with Gasteiger partial charge in [-0.05, 0) is 42.0 Å². The maximum atomic E-state index is 13.2. The predicted octanol–water partition coefficient (Wildman–Crippen LogP) is 4.93. The number of amides is 2. The zero-order valence-electron chi connectivity index (χ0n) is 15.6. The van der Waals surface area contributed by atoms with Gasteiger partial charge in [0.05, 0.1) is 6.54 Å². The first-order chi connectivity index (χ1) is 13.5. The van der Waals surface area contributed by atoms with E-state index in [2.05, 4.69) is 0 Å². The Balaban J connectivity index is 1.87. The lowest BCUT2D eigenvalue weighted by Crippen LogP contribution is -2.42. The third kappa shape index (κ3) is 4.99. The van der Waals surface area contributed by atoms with Crippen molar-refractivity contribution in [1.82, 2.24) is 0 Å². The van der Waals surface area contributed by atoms with E-state index in [1.807, 2.05) is 60.7 Å². The van der Waals surface area contributed by atoms with E-state index in [-0.39, 0.29) is 18.4 Å². The number of rotatable bonds is 6. The van der Waals surface area contributed by atoms with Crippen molar-refractivity contribution in [2.45, 2.75) is 13.5 Å². The van der Waals surface area contributed by atoms with Crippen molar-refractivity contribution in [2.75, 3.05) is 16.3 Å². The fourth-order valence-electron chi connectivity index (χ4n) is 2.92. The third-order valence-corrected chi connectivity index (χ3v) is 4.62. The van der Waals surface area contributed by atoms with Crippen LogP contribution in [0.25, 0.3) is 0 Å². The molecule has 0 unspecified atom stereocenters. The van der Waals surface area contributed by atoms with E-state index in [9.17, 15) is 9.59 Å². The van der Waals surface area contributed by atoms with Gasteiger partial charge in [0.25, 0.3) is 0 Å². The number of carbonyl (C=O) groups excluding carboxylic acids is 2. The van der Waals surface area contributed by atoms with Crippen LogP contribution in [0, 0.1) is 0 Å². The molecule has 3 aromatic rings. The summed E-state index contributed by atoms with van der Waals surface area (Å²) in [6.45, 7) is 1.82. The molecule has 0 saturated carbocycles. The molecule has 0 bridgehead atoms. The standard InChI is InChI=1S/C23H21ClN2O2/c1-18(27)25(22-14-12-20(24)13-15-22)17-23(28)26(21-10-6-3-7-11-21)16-19-8-4-2-5-9-19/h2-15H,16-17H2,1H3. The van der Waals surface area contributed by atoms with Crippen molar-refractivity contribution in [2.24, 2.45) is 0 Å². The summed E-state index contributed by atoms with van der Waals surface area (Å²) in [4.78, 5) is 28.6. The Morgan fingerprint density at radius 3 is 1.86 bits per heavy atom. The summed E-state index contributed by atoms with van der Waals surface area (Å²) in [5.41, 5.74) is 2.44. The maximum Gasteiger partial charge on any atom is 0.247 e. The zero-order valence-corrected chi connectivity index (χ0v) is 16.3. The topological polar surface area (TPSA) is 40.6 Å². The number of para-hydroxylation sites is 1. The molecule has 0 radical (unpaired) electrons. The minimum absolute atomic E-state index is 0.0569. The molecule has 0 fully saturated rings. The van der Waals surface area contributed by atoms with Crippen molar-refractivity contribution < 1.29 is 9.59 Å². The molecule has 0 atom stereocenters. The normalized spacial score (nSPS) is 10.4. The molecular formula is C23H21ClN2O2. The van der Waals surface area contributed by atoms with Crippen molar-refractivity contribution in [1.29, 1.82) is 0 Å². The van der Waals surface area contributed by atoms with Crippen LogP contribution in [0.1, 0.15) is 12.5 Å². The Labute approximate surface area is 170 Å². The number of benzene rings is 3. The van der Waals surface area contributed by atoms with Crippen molar-refractivity contribution in [3.8, 4) is 0 Å². The molecule has 4 nitrogen and oxygen atoms in total. The van der Waals surface area contributed by atoms with Crippen LogP contribution in [0.2, 0.25) is 5.02 Å². The largest absolute Gasteiger partial charge is 0.306 e. The van der Waals surface area contributed by atoms with Gasteiger partial charge in [-0.25, -0.2) is 0 Å². The second kappa shape index (κ2) is 9.20. The Bertz CT molecular complexity index is 928. The van der Waals surface area contributed by atoms with Gasteiger partial charge in [0.2, 0.25) is 11.8 Å². The second-order valence-electron chi connectivity index (χ2n) is 6.38. The minimum Gasteiger partial charge on any atom is -0.306 e. The van der Waals surface area contributed by atoms with Crippen LogP contribution >= 0.6 is 11.6 Å². The summed E-state index contributed by atoms with van der Waals surface area (Å²) in [6, 6.07) is 26.1. The molecule has 0 heterocycles. The molecule has 2 amide bonds. The molecule has 5 heteroatoms. The van der Waals surface area contributed by atoms with Gasteiger partial charge in [-0.1, -0.05) is 60.1 Å². The number of hydrogen-bond donors (Lipinski definition) is 0. The lowest BCUT2D eigenvalue weighted by molar-refractivity contribution is -0.121. The number of nitrogens with zero attached hydrogens (tertiary/aromatic N) is 2. The van der Waals surface area contributed by atoms with Gasteiger partial charge in [0.15, 0.2) is 0 Å². The average molecular weight is 393 g/mol. The summed E-state index contributed by atoms with van der Waals surface area (Å²) in [6.07, 6.45) is 0. The lowest BCUT2D eigenvalue weighted by Gasteiger charge is -2.27. The van der Waals surface area contributed by atoms with Gasteiger partial charge in [0, 0.05) is 23.3 Å². The number of halogens is 1. The van der Waals surface area contributed by atoms with Crippen molar-refractivity contribution in [3.63, 3.8) is 0 Å². The summed E-state index contributed by atoms with van der Waals surface area (Å²) in [5.74, 6) is -0.372. The highest BCUT2D eigenvalue weighted by molar-refractivity contribution is 6.30. The fraction of sp³-hybridized carbons (Fsp3) is 0.130. The van der Waals surface area contributed by atoms with Gasteiger partial charge >= 0.3 is 0 Å². The fourth-order valence-corrected chi connectivity index (χ4v) is 3.05. The summed E-state index contributed by atoms with van der Waals surface area (Å²) >= 11 is 5.94. The highest BCUT2D eigenvalue weighted by atomic mass is 35.5. The first kappa shape index (κ1) is 19.6. The van der Waals surface area contributed by atoms with E-state index in [0.717, 1.165) is 11.3 Å². The number of anilines is 2. The third-order valence-electron chi connectivity index (χ3n) is 4.36. The van der Waals surface area contributed by atoms with Gasteiger partial charge in [-0.3, -0.25) is 9.59 Å². The first-order valence-electron chi connectivity index (χ1n) is 8.97. The van der Waals surface area contributed by atoms with Gasteiger partial charge in [-0.15, -0.1) is 0 Å². The van der Waals surface area contributed by atoms with Crippen LogP contribution in [-0.4, -0.2) is 18.4 Å². The molecule has 142 valence electrons. The van der Waals surface area contributed by atoms with Gasteiger partial charge < -0.3 is 9.80 Å². The molecule has 3 rings (SSSR count). The maximum absolute atomic E-state index is 13.2. The molecule has 28 heavy (non-hydrogen) atoms. The monoisotopic (exact) mass is 392 g/mol. The molecule has 3 aromatic carbocycles. The Kier molecular flexibility index (Phi) is 6.45. The molecule has 0 aliphatic carbocycles. The van der Waals surface area contributed by atoms with Crippen LogP contribution in [-0.2, 0) is 16.1 Å². The smallest absolute Gasteiger partial charge is 0.247 e. The Morgan fingerprint density at radius 2 is 1.29 bits per heavy atom. The van der Waals surface area contributed by atoms with Gasteiger partial charge in [-0.2, -0.15) is 0 Å². The quantitative estimate of drug-likeness (QED) is 0.597. The highest BCUT2D eigenvalue weighted by Crippen LogP contribution is 2.21. The minimum atomic E-state index is -0.205. The van der Waals surface area contributed by atoms with Crippen molar-refractivity contribution in [3.05, 3.63) is 95.5 Å². The van der Waals surface area contributed by atoms with Crippen LogP contribution in [0.15, 0.2) is 84.9 Å². The van der Waals surface area contributed by atoms with Crippen LogP contribution in [0.3, 0.4) is 0 Å². The molecule has 0 spiro atoms. The zero-order chi connectivity index (χ0) is 19.9. The van der Waals surface area contributed by atoms with E-state index >= 15 is 0 Å². The van der Waals surface area contributed by atoms with E-state index in [1.165, 1.54) is 11.8 Å². The Hall–Kier alpha value is -3.11. The number of hydrogen-bond acceptors (Lipinski definition) is 2. The summed E-state index contributed by atoms with van der Waals surface area (Å²) in [7, 11) is 0. The van der Waals surface area contributed by atoms with Crippen LogP contribution < -0.4 is 9.80 Å². The summed E-state index contributed by atoms with van der Waals surface area (Å²) < 4.78 is 0. The first-order valence-corrected chi connectivity index (χ1v) is 9.35. The number of carbonyl (C=O) groups is 2.